The van der Waals surface area contributed by atoms with Gasteiger partial charge in [0.2, 0.25) is 5.95 Å². The first kappa shape index (κ1) is 19.0. The molecule has 0 bridgehead atoms. The molecule has 0 unspecified atom stereocenters. The second kappa shape index (κ2) is 8.34. The summed E-state index contributed by atoms with van der Waals surface area (Å²) in [4.78, 5) is 14.6. The number of thioether (sulfide) groups is 1. The van der Waals surface area contributed by atoms with E-state index in [1.807, 2.05) is 30.8 Å². The number of pyridine rings is 1. The lowest BCUT2D eigenvalue weighted by Gasteiger charge is -2.11. The molecule has 0 saturated heterocycles. The molecule has 0 aliphatic heterocycles. The minimum atomic E-state index is -0.444. The molecule has 8 heteroatoms. The molecule has 1 aliphatic rings. The van der Waals surface area contributed by atoms with Crippen LogP contribution >= 0.6 is 11.8 Å². The van der Waals surface area contributed by atoms with Gasteiger partial charge in [-0.15, -0.1) is 16.9 Å². The van der Waals surface area contributed by atoms with E-state index in [9.17, 15) is 4.39 Å². The van der Waals surface area contributed by atoms with E-state index < -0.39 is 5.95 Å². The van der Waals surface area contributed by atoms with Gasteiger partial charge < -0.3 is 0 Å². The average Bonchev–Trinajstić information content (AvgIpc) is 3.30. The SMILES string of the molecule is CSc1cnc(C[C@H]2CC[C@H](Cc3ccc(-c4nnn(C)c4F)cn3)C2)nc1. The maximum Gasteiger partial charge on any atom is 0.239 e. The zero-order chi connectivity index (χ0) is 19.5. The molecule has 0 spiro atoms. The maximum atomic E-state index is 13.9. The van der Waals surface area contributed by atoms with Gasteiger partial charge in [-0.25, -0.2) is 14.6 Å². The summed E-state index contributed by atoms with van der Waals surface area (Å²) in [6.07, 6.45) is 13.0. The van der Waals surface area contributed by atoms with Gasteiger partial charge in [-0.1, -0.05) is 5.21 Å². The molecule has 4 rings (SSSR count). The Kier molecular flexibility index (Phi) is 5.66. The standard InChI is InChI=1S/C20H23FN6S/c1-27-20(21)19(25-26-27)15-5-6-16(22-10-15)8-13-3-4-14(7-13)9-18-23-11-17(28-2)12-24-18/h5-6,10-14H,3-4,7-9H2,1-2H3/t13-,14-/m0/s1. The van der Waals surface area contributed by atoms with Crippen LogP contribution in [0.1, 0.15) is 30.8 Å². The van der Waals surface area contributed by atoms with Gasteiger partial charge in [0.25, 0.3) is 0 Å². The van der Waals surface area contributed by atoms with Crippen molar-refractivity contribution in [1.29, 1.82) is 0 Å². The molecule has 0 N–H and O–H groups in total. The van der Waals surface area contributed by atoms with Crippen molar-refractivity contribution in [1.82, 2.24) is 29.9 Å². The van der Waals surface area contributed by atoms with Crippen molar-refractivity contribution in [3.63, 3.8) is 0 Å². The summed E-state index contributed by atoms with van der Waals surface area (Å²) < 4.78 is 15.1. The number of rotatable bonds is 6. The van der Waals surface area contributed by atoms with E-state index in [1.165, 1.54) is 26.3 Å². The number of hydrogen-bond donors (Lipinski definition) is 0. The highest BCUT2D eigenvalue weighted by molar-refractivity contribution is 7.98. The van der Waals surface area contributed by atoms with Gasteiger partial charge in [0.05, 0.1) is 0 Å². The molecule has 3 heterocycles. The largest absolute Gasteiger partial charge is 0.261 e. The Morgan fingerprint density at radius 2 is 1.82 bits per heavy atom. The van der Waals surface area contributed by atoms with Crippen LogP contribution in [-0.2, 0) is 19.9 Å². The van der Waals surface area contributed by atoms with Crippen molar-refractivity contribution in [3.8, 4) is 11.3 Å². The van der Waals surface area contributed by atoms with Crippen molar-refractivity contribution >= 4 is 11.8 Å². The van der Waals surface area contributed by atoms with Crippen LogP contribution in [0.15, 0.2) is 35.6 Å². The third-order valence-electron chi connectivity index (χ3n) is 5.39. The van der Waals surface area contributed by atoms with Gasteiger partial charge in [-0.2, -0.15) is 4.39 Å². The van der Waals surface area contributed by atoms with E-state index in [0.29, 0.717) is 17.4 Å². The van der Waals surface area contributed by atoms with Crippen molar-refractivity contribution in [2.45, 2.75) is 37.0 Å². The fourth-order valence-corrected chi connectivity index (χ4v) is 4.18. The molecule has 1 aliphatic carbocycles. The zero-order valence-corrected chi connectivity index (χ0v) is 16.9. The molecule has 0 amide bonds. The lowest BCUT2D eigenvalue weighted by Crippen LogP contribution is -2.06. The first-order valence-corrected chi connectivity index (χ1v) is 10.7. The fraction of sp³-hybridized carbons (Fsp3) is 0.450. The molecule has 146 valence electrons. The zero-order valence-electron chi connectivity index (χ0n) is 16.0. The predicted octanol–water partition coefficient (Wildman–Crippen LogP) is 3.73. The summed E-state index contributed by atoms with van der Waals surface area (Å²) in [6.45, 7) is 0. The van der Waals surface area contributed by atoms with Gasteiger partial charge in [-0.3, -0.25) is 4.98 Å². The van der Waals surface area contributed by atoms with Crippen LogP contribution < -0.4 is 0 Å². The van der Waals surface area contributed by atoms with Gasteiger partial charge in [0, 0.05) is 48.2 Å². The van der Waals surface area contributed by atoms with Crippen LogP contribution in [0.5, 0.6) is 0 Å². The van der Waals surface area contributed by atoms with Crippen molar-refractivity contribution in [2.75, 3.05) is 6.26 Å². The maximum absolute atomic E-state index is 13.9. The molecule has 3 aromatic rings. The first-order chi connectivity index (χ1) is 13.6. The van der Waals surface area contributed by atoms with Crippen LogP contribution in [0.2, 0.25) is 0 Å². The van der Waals surface area contributed by atoms with E-state index in [-0.39, 0.29) is 5.69 Å². The lowest BCUT2D eigenvalue weighted by molar-refractivity contribution is 0.476. The second-order valence-electron chi connectivity index (χ2n) is 7.38. The summed E-state index contributed by atoms with van der Waals surface area (Å²) in [5, 5.41) is 7.57. The van der Waals surface area contributed by atoms with E-state index in [4.69, 9.17) is 0 Å². The van der Waals surface area contributed by atoms with E-state index in [0.717, 1.165) is 33.9 Å². The van der Waals surface area contributed by atoms with Crippen LogP contribution in [-0.4, -0.2) is 36.2 Å². The summed E-state index contributed by atoms with van der Waals surface area (Å²) in [5.41, 5.74) is 1.94. The minimum absolute atomic E-state index is 0.245. The Morgan fingerprint density at radius 3 is 2.43 bits per heavy atom. The molecule has 1 fully saturated rings. The Balaban J connectivity index is 1.33. The van der Waals surface area contributed by atoms with Crippen molar-refractivity contribution in [2.24, 2.45) is 18.9 Å². The van der Waals surface area contributed by atoms with Crippen LogP contribution in [0.25, 0.3) is 11.3 Å². The molecule has 28 heavy (non-hydrogen) atoms. The molecule has 0 aromatic carbocycles. The Labute approximate surface area is 168 Å². The van der Waals surface area contributed by atoms with Crippen LogP contribution in [0, 0.1) is 17.8 Å². The molecular formula is C20H23FN6S. The van der Waals surface area contributed by atoms with Gasteiger partial charge in [-0.05, 0) is 55.9 Å². The number of nitrogens with zero attached hydrogens (tertiary/aromatic N) is 6. The van der Waals surface area contributed by atoms with Crippen LogP contribution in [0.3, 0.4) is 0 Å². The minimum Gasteiger partial charge on any atom is -0.261 e. The Bertz CT molecular complexity index is 925. The quantitative estimate of drug-likeness (QED) is 0.589. The predicted molar refractivity (Wildman–Crippen MR) is 106 cm³/mol. The molecule has 3 aromatic heterocycles. The molecule has 6 nitrogen and oxygen atoms in total. The summed E-state index contributed by atoms with van der Waals surface area (Å²) >= 11 is 1.66. The number of halogens is 1. The first-order valence-electron chi connectivity index (χ1n) is 9.47. The molecular weight excluding hydrogens is 375 g/mol. The van der Waals surface area contributed by atoms with Crippen molar-refractivity contribution in [3.05, 3.63) is 48.2 Å². The molecule has 1 saturated carbocycles. The normalized spacial score (nSPS) is 19.2. The third kappa shape index (κ3) is 4.22. The monoisotopic (exact) mass is 398 g/mol. The lowest BCUT2D eigenvalue weighted by atomic mass is 9.97. The second-order valence-corrected chi connectivity index (χ2v) is 8.26. The highest BCUT2D eigenvalue weighted by Crippen LogP contribution is 2.34. The smallest absolute Gasteiger partial charge is 0.239 e. The molecule has 2 atom stereocenters. The highest BCUT2D eigenvalue weighted by Gasteiger charge is 2.26. The van der Waals surface area contributed by atoms with Gasteiger partial charge in [0.1, 0.15) is 5.82 Å². The summed E-state index contributed by atoms with van der Waals surface area (Å²) in [7, 11) is 1.53. The van der Waals surface area contributed by atoms with Gasteiger partial charge in [0.15, 0.2) is 5.69 Å². The summed E-state index contributed by atoms with van der Waals surface area (Å²) in [5.74, 6) is 1.76. The number of aryl methyl sites for hydroxylation is 1. The molecule has 0 radical (unpaired) electrons. The Hall–Kier alpha value is -2.35. The average molecular weight is 399 g/mol. The van der Waals surface area contributed by atoms with E-state index in [1.54, 1.807) is 18.0 Å². The third-order valence-corrected chi connectivity index (χ3v) is 6.08. The number of hydrogen-bond acceptors (Lipinski definition) is 6. The van der Waals surface area contributed by atoms with Crippen molar-refractivity contribution < 1.29 is 4.39 Å². The summed E-state index contributed by atoms with van der Waals surface area (Å²) in [6, 6.07) is 3.85. The Morgan fingerprint density at radius 1 is 1.07 bits per heavy atom. The van der Waals surface area contributed by atoms with E-state index in [2.05, 4.69) is 25.3 Å². The fourth-order valence-electron chi connectivity index (χ4n) is 3.86. The topological polar surface area (TPSA) is 69.4 Å². The van der Waals surface area contributed by atoms with Crippen LogP contribution in [0.4, 0.5) is 4.39 Å². The highest BCUT2D eigenvalue weighted by atomic mass is 32.2. The van der Waals surface area contributed by atoms with Gasteiger partial charge >= 0.3 is 0 Å². The number of aromatic nitrogens is 6. The van der Waals surface area contributed by atoms with E-state index >= 15 is 0 Å².